The largest absolute Gasteiger partial charge is 0.388 e. The molecule has 3 N–H and O–H groups in total. The van der Waals surface area contributed by atoms with Crippen LogP contribution in [0.4, 0.5) is 0 Å². The van der Waals surface area contributed by atoms with Crippen LogP contribution in [-0.2, 0) is 4.79 Å². The first-order chi connectivity index (χ1) is 6.13. The minimum absolute atomic E-state index is 0.300. The Morgan fingerprint density at radius 1 is 1.23 bits per heavy atom. The highest BCUT2D eigenvalue weighted by Gasteiger charge is 2.48. The van der Waals surface area contributed by atoms with E-state index in [1.54, 1.807) is 0 Å². The molecule has 0 radical (unpaired) electrons. The lowest BCUT2D eigenvalue weighted by atomic mass is 9.94. The smallest absolute Gasteiger partial charge is 0.254 e. The van der Waals surface area contributed by atoms with Crippen molar-refractivity contribution >= 4 is 5.91 Å². The lowest BCUT2D eigenvalue weighted by molar-refractivity contribution is -0.171. The highest BCUT2D eigenvalue weighted by molar-refractivity contribution is 5.83. The molecule has 13 heavy (non-hydrogen) atoms. The van der Waals surface area contributed by atoms with E-state index in [4.69, 9.17) is 0 Å². The third-order valence-electron chi connectivity index (χ3n) is 2.90. The summed E-state index contributed by atoms with van der Waals surface area (Å²) in [5.41, 5.74) is 0. The number of piperidine rings is 1. The molecule has 2 aliphatic rings. The van der Waals surface area contributed by atoms with Gasteiger partial charge in [0.15, 0.2) is 6.10 Å². The van der Waals surface area contributed by atoms with Gasteiger partial charge >= 0.3 is 0 Å². The van der Waals surface area contributed by atoms with Gasteiger partial charge in [-0.3, -0.25) is 4.79 Å². The second kappa shape index (κ2) is 2.94. The Morgan fingerprint density at radius 2 is 1.92 bits per heavy atom. The van der Waals surface area contributed by atoms with E-state index < -0.39 is 24.2 Å². The molecular formula is C8H13NO4. The van der Waals surface area contributed by atoms with E-state index >= 15 is 0 Å². The van der Waals surface area contributed by atoms with Crippen molar-refractivity contribution < 1.29 is 20.1 Å². The Kier molecular flexibility index (Phi) is 2.02. The molecule has 0 bridgehead atoms. The Morgan fingerprint density at radius 3 is 2.62 bits per heavy atom. The fourth-order valence-corrected chi connectivity index (χ4v) is 2.15. The average Bonchev–Trinajstić information content (AvgIpc) is 2.59. The molecule has 0 saturated carbocycles. The van der Waals surface area contributed by atoms with Crippen molar-refractivity contribution in [2.24, 2.45) is 0 Å². The van der Waals surface area contributed by atoms with E-state index in [1.807, 2.05) is 0 Å². The van der Waals surface area contributed by atoms with Gasteiger partial charge in [0.05, 0.1) is 6.04 Å². The van der Waals surface area contributed by atoms with Crippen molar-refractivity contribution in [1.82, 2.24) is 4.90 Å². The standard InChI is InChI=1S/C8H13NO4/c10-5-4-2-1-3-9(4)8(13)7(12)6(5)11/h4-7,10-12H,1-3H2/t4-,5-,6+,7-/m0/s1. The Balaban J connectivity index is 2.24. The second-order valence-electron chi connectivity index (χ2n) is 3.67. The van der Waals surface area contributed by atoms with Crippen molar-refractivity contribution in [2.75, 3.05) is 6.54 Å². The topological polar surface area (TPSA) is 81.0 Å². The predicted molar refractivity (Wildman–Crippen MR) is 42.8 cm³/mol. The van der Waals surface area contributed by atoms with E-state index in [-0.39, 0.29) is 6.04 Å². The lowest BCUT2D eigenvalue weighted by Crippen LogP contribution is -2.62. The van der Waals surface area contributed by atoms with Gasteiger partial charge in [0, 0.05) is 6.54 Å². The maximum absolute atomic E-state index is 11.4. The molecular weight excluding hydrogens is 174 g/mol. The molecule has 5 heteroatoms. The van der Waals surface area contributed by atoms with Crippen LogP contribution in [0, 0.1) is 0 Å². The number of rotatable bonds is 0. The van der Waals surface area contributed by atoms with Crippen LogP contribution in [0.15, 0.2) is 0 Å². The summed E-state index contributed by atoms with van der Waals surface area (Å²) in [5, 5.41) is 28.1. The van der Waals surface area contributed by atoms with Gasteiger partial charge in [-0.1, -0.05) is 0 Å². The summed E-state index contributed by atoms with van der Waals surface area (Å²) in [4.78, 5) is 12.8. The molecule has 0 aromatic carbocycles. The molecule has 2 saturated heterocycles. The molecule has 1 amide bonds. The SMILES string of the molecule is O=C1[C@@H](O)[C@H](O)[C@@H](O)[C@@H]2CCCN12. The fourth-order valence-electron chi connectivity index (χ4n) is 2.15. The van der Waals surface area contributed by atoms with Crippen LogP contribution in [0.2, 0.25) is 0 Å². The van der Waals surface area contributed by atoms with Crippen molar-refractivity contribution in [3.05, 3.63) is 0 Å². The Labute approximate surface area is 75.6 Å². The van der Waals surface area contributed by atoms with E-state index in [2.05, 4.69) is 0 Å². The van der Waals surface area contributed by atoms with Crippen molar-refractivity contribution in [3.63, 3.8) is 0 Å². The van der Waals surface area contributed by atoms with Crippen LogP contribution < -0.4 is 0 Å². The maximum Gasteiger partial charge on any atom is 0.254 e. The highest BCUT2D eigenvalue weighted by atomic mass is 16.4. The number of hydrogen-bond acceptors (Lipinski definition) is 4. The number of carbonyl (C=O) groups is 1. The number of nitrogens with zero attached hydrogens (tertiary/aromatic N) is 1. The van der Waals surface area contributed by atoms with E-state index in [9.17, 15) is 20.1 Å². The van der Waals surface area contributed by atoms with Gasteiger partial charge in [0.25, 0.3) is 5.91 Å². The first-order valence-electron chi connectivity index (χ1n) is 4.47. The van der Waals surface area contributed by atoms with Crippen LogP contribution >= 0.6 is 0 Å². The fraction of sp³-hybridized carbons (Fsp3) is 0.875. The second-order valence-corrected chi connectivity index (χ2v) is 3.67. The van der Waals surface area contributed by atoms with Crippen molar-refractivity contribution in [2.45, 2.75) is 37.2 Å². The summed E-state index contributed by atoms with van der Waals surface area (Å²) in [6.45, 7) is 0.574. The van der Waals surface area contributed by atoms with Crippen molar-refractivity contribution in [1.29, 1.82) is 0 Å². The number of fused-ring (bicyclic) bond motifs is 1. The summed E-state index contributed by atoms with van der Waals surface area (Å²) in [5.74, 6) is -0.458. The molecule has 5 nitrogen and oxygen atoms in total. The quantitative estimate of drug-likeness (QED) is 0.412. The van der Waals surface area contributed by atoms with E-state index in [0.29, 0.717) is 13.0 Å². The number of aliphatic hydroxyl groups excluding tert-OH is 3. The Hall–Kier alpha value is -0.650. The van der Waals surface area contributed by atoms with Gasteiger partial charge in [-0.25, -0.2) is 0 Å². The summed E-state index contributed by atoms with van der Waals surface area (Å²) >= 11 is 0. The molecule has 2 heterocycles. The van der Waals surface area contributed by atoms with Crippen LogP contribution in [-0.4, -0.2) is 57.0 Å². The van der Waals surface area contributed by atoms with Crippen LogP contribution in [0.25, 0.3) is 0 Å². The van der Waals surface area contributed by atoms with Gasteiger partial charge in [-0.2, -0.15) is 0 Å². The number of amides is 1. The van der Waals surface area contributed by atoms with E-state index in [0.717, 1.165) is 6.42 Å². The maximum atomic E-state index is 11.4. The zero-order valence-corrected chi connectivity index (χ0v) is 7.13. The summed E-state index contributed by atoms with van der Waals surface area (Å²) in [7, 11) is 0. The van der Waals surface area contributed by atoms with Crippen LogP contribution in [0.1, 0.15) is 12.8 Å². The van der Waals surface area contributed by atoms with Gasteiger partial charge in [-0.15, -0.1) is 0 Å². The minimum atomic E-state index is -1.45. The van der Waals surface area contributed by atoms with E-state index in [1.165, 1.54) is 4.90 Å². The van der Waals surface area contributed by atoms with Gasteiger partial charge in [0.1, 0.15) is 12.2 Å². The number of aliphatic hydroxyl groups is 3. The normalized spacial score (nSPS) is 45.2. The molecule has 4 atom stereocenters. The average molecular weight is 187 g/mol. The number of hydrogen-bond donors (Lipinski definition) is 3. The van der Waals surface area contributed by atoms with Gasteiger partial charge < -0.3 is 20.2 Å². The number of carbonyl (C=O) groups excluding carboxylic acids is 1. The summed E-state index contributed by atoms with van der Waals surface area (Å²) in [6, 6.07) is -0.300. The molecule has 0 spiro atoms. The molecule has 0 unspecified atom stereocenters. The summed E-state index contributed by atoms with van der Waals surface area (Å²) in [6.07, 6.45) is -2.25. The molecule has 0 aromatic rings. The van der Waals surface area contributed by atoms with Crippen LogP contribution in [0.5, 0.6) is 0 Å². The third kappa shape index (κ3) is 1.15. The monoisotopic (exact) mass is 187 g/mol. The summed E-state index contributed by atoms with van der Waals surface area (Å²) < 4.78 is 0. The molecule has 0 aromatic heterocycles. The predicted octanol–water partition coefficient (Wildman–Crippen LogP) is -1.93. The first kappa shape index (κ1) is 8.93. The molecule has 2 rings (SSSR count). The van der Waals surface area contributed by atoms with Crippen molar-refractivity contribution in [3.8, 4) is 0 Å². The molecule has 2 fully saturated rings. The zero-order valence-electron chi connectivity index (χ0n) is 7.13. The Bertz CT molecular complexity index is 232. The first-order valence-corrected chi connectivity index (χ1v) is 4.47. The minimum Gasteiger partial charge on any atom is -0.388 e. The van der Waals surface area contributed by atoms with Gasteiger partial charge in [0.2, 0.25) is 0 Å². The van der Waals surface area contributed by atoms with Crippen LogP contribution in [0.3, 0.4) is 0 Å². The molecule has 74 valence electrons. The lowest BCUT2D eigenvalue weighted by Gasteiger charge is -2.39. The highest BCUT2D eigenvalue weighted by Crippen LogP contribution is 2.28. The third-order valence-corrected chi connectivity index (χ3v) is 2.90. The van der Waals surface area contributed by atoms with Gasteiger partial charge in [-0.05, 0) is 12.8 Å². The zero-order chi connectivity index (χ0) is 9.59. The molecule has 2 aliphatic heterocycles. The molecule has 0 aliphatic carbocycles.